The summed E-state index contributed by atoms with van der Waals surface area (Å²) >= 11 is 5.27. The van der Waals surface area contributed by atoms with Gasteiger partial charge in [-0.25, -0.2) is 5.10 Å². The molecule has 25 heavy (non-hydrogen) atoms. The Labute approximate surface area is 150 Å². The molecule has 0 aliphatic carbocycles. The van der Waals surface area contributed by atoms with Gasteiger partial charge in [0.2, 0.25) is 4.77 Å². The lowest BCUT2D eigenvalue weighted by Crippen LogP contribution is -2.05. The summed E-state index contributed by atoms with van der Waals surface area (Å²) in [5, 5.41) is 20.8. The number of aromatic amines is 1. The highest BCUT2D eigenvalue weighted by Gasteiger charge is 2.09. The zero-order valence-corrected chi connectivity index (χ0v) is 14.7. The second-order valence-corrected chi connectivity index (χ2v) is 6.08. The van der Waals surface area contributed by atoms with Crippen molar-refractivity contribution in [3.8, 4) is 22.9 Å². The van der Waals surface area contributed by atoms with E-state index in [0.717, 1.165) is 16.9 Å². The number of hydrogen-bond donors (Lipinski definition) is 2. The number of hydrogen-bond acceptors (Lipinski definition) is 5. The third-order valence-electron chi connectivity index (χ3n) is 3.33. The lowest BCUT2D eigenvalue weighted by atomic mass is 10.2. The van der Waals surface area contributed by atoms with Gasteiger partial charge in [-0.3, -0.25) is 0 Å². The quantitative estimate of drug-likeness (QED) is 0.537. The summed E-state index contributed by atoms with van der Waals surface area (Å²) in [5.41, 5.74) is 1.68. The predicted molar refractivity (Wildman–Crippen MR) is 99.7 cm³/mol. The van der Waals surface area contributed by atoms with Crippen LogP contribution in [0, 0.1) is 4.77 Å². The lowest BCUT2D eigenvalue weighted by molar-refractivity contribution is 0.242. The molecule has 0 atom stereocenters. The van der Waals surface area contributed by atoms with Crippen LogP contribution < -0.4 is 4.74 Å². The molecule has 128 valence electrons. The van der Waals surface area contributed by atoms with Gasteiger partial charge in [-0.05, 0) is 68.0 Å². The van der Waals surface area contributed by atoms with Gasteiger partial charge < -0.3 is 9.84 Å². The average molecular weight is 354 g/mol. The maximum atomic E-state index is 9.34. The zero-order chi connectivity index (χ0) is 17.8. The predicted octanol–water partition coefficient (Wildman–Crippen LogP) is 3.98. The van der Waals surface area contributed by atoms with Crippen molar-refractivity contribution in [1.29, 1.82) is 0 Å². The minimum Gasteiger partial charge on any atom is -0.508 e. The molecule has 0 spiro atoms. The third-order valence-corrected chi connectivity index (χ3v) is 3.59. The molecule has 1 aromatic heterocycles. The van der Waals surface area contributed by atoms with Crippen LogP contribution >= 0.6 is 12.2 Å². The van der Waals surface area contributed by atoms with E-state index in [1.165, 1.54) is 0 Å². The largest absolute Gasteiger partial charge is 0.508 e. The molecule has 0 bridgehead atoms. The van der Waals surface area contributed by atoms with Crippen LogP contribution in [0.2, 0.25) is 0 Å². The molecule has 2 aromatic carbocycles. The average Bonchev–Trinajstić information content (AvgIpc) is 2.95. The van der Waals surface area contributed by atoms with E-state index in [1.54, 1.807) is 35.2 Å². The molecule has 0 amide bonds. The SMILES string of the molecule is CC(C)Oc1cccc(-c2n[nH]c(=S)n2N=Cc2ccc(O)cc2)c1. The molecule has 0 unspecified atom stereocenters. The number of aromatic hydroxyl groups is 1. The monoisotopic (exact) mass is 354 g/mol. The molecule has 3 aromatic rings. The number of benzene rings is 2. The molecule has 0 fully saturated rings. The van der Waals surface area contributed by atoms with Gasteiger partial charge in [-0.15, -0.1) is 0 Å². The van der Waals surface area contributed by atoms with E-state index < -0.39 is 0 Å². The van der Waals surface area contributed by atoms with Crippen LogP contribution in [-0.2, 0) is 0 Å². The summed E-state index contributed by atoms with van der Waals surface area (Å²) in [6, 6.07) is 14.3. The van der Waals surface area contributed by atoms with Gasteiger partial charge in [-0.2, -0.15) is 14.9 Å². The minimum atomic E-state index is 0.0867. The summed E-state index contributed by atoms with van der Waals surface area (Å²) < 4.78 is 7.67. The second kappa shape index (κ2) is 7.31. The number of phenolic OH excluding ortho intramolecular Hbond substituents is 1. The Morgan fingerprint density at radius 2 is 2.00 bits per heavy atom. The van der Waals surface area contributed by atoms with E-state index in [4.69, 9.17) is 17.0 Å². The zero-order valence-electron chi connectivity index (χ0n) is 13.9. The molecular formula is C18H18N4O2S. The topological polar surface area (TPSA) is 75.4 Å². The number of aromatic nitrogens is 3. The van der Waals surface area contributed by atoms with E-state index >= 15 is 0 Å². The van der Waals surface area contributed by atoms with Crippen molar-refractivity contribution < 1.29 is 9.84 Å². The first-order chi connectivity index (χ1) is 12.0. The van der Waals surface area contributed by atoms with Crippen molar-refractivity contribution in [3.63, 3.8) is 0 Å². The van der Waals surface area contributed by atoms with Gasteiger partial charge in [0.25, 0.3) is 0 Å². The van der Waals surface area contributed by atoms with Crippen molar-refractivity contribution in [3.05, 3.63) is 58.9 Å². The van der Waals surface area contributed by atoms with Crippen LogP contribution in [-0.4, -0.2) is 32.3 Å². The van der Waals surface area contributed by atoms with Crippen molar-refractivity contribution in [2.24, 2.45) is 5.10 Å². The molecule has 0 aliphatic rings. The first-order valence-corrected chi connectivity index (χ1v) is 8.21. The Kier molecular flexibility index (Phi) is 4.95. The fourth-order valence-corrected chi connectivity index (χ4v) is 2.43. The fourth-order valence-electron chi connectivity index (χ4n) is 2.25. The molecule has 0 saturated carbocycles. The Balaban J connectivity index is 1.94. The number of rotatable bonds is 5. The Hall–Kier alpha value is -2.93. The molecule has 7 heteroatoms. The molecule has 3 rings (SSSR count). The maximum absolute atomic E-state index is 9.34. The van der Waals surface area contributed by atoms with Crippen LogP contribution in [0.3, 0.4) is 0 Å². The molecule has 2 N–H and O–H groups in total. The van der Waals surface area contributed by atoms with Crippen molar-refractivity contribution >= 4 is 18.4 Å². The third kappa shape index (κ3) is 4.13. The van der Waals surface area contributed by atoms with E-state index in [0.29, 0.717) is 10.6 Å². The van der Waals surface area contributed by atoms with E-state index in [2.05, 4.69) is 15.3 Å². The number of nitrogens with one attached hydrogen (secondary N) is 1. The lowest BCUT2D eigenvalue weighted by Gasteiger charge is -2.10. The summed E-state index contributed by atoms with van der Waals surface area (Å²) in [4.78, 5) is 0. The van der Waals surface area contributed by atoms with Gasteiger partial charge in [0, 0.05) is 5.56 Å². The summed E-state index contributed by atoms with van der Waals surface area (Å²) in [7, 11) is 0. The second-order valence-electron chi connectivity index (χ2n) is 5.69. The fraction of sp³-hybridized carbons (Fsp3) is 0.167. The molecule has 0 saturated heterocycles. The molecule has 0 aliphatic heterocycles. The van der Waals surface area contributed by atoms with Crippen LogP contribution in [0.1, 0.15) is 19.4 Å². The molecule has 6 nitrogen and oxygen atoms in total. The minimum absolute atomic E-state index is 0.0867. The number of H-pyrrole nitrogens is 1. The normalized spacial score (nSPS) is 11.3. The van der Waals surface area contributed by atoms with Crippen LogP contribution in [0.5, 0.6) is 11.5 Å². The van der Waals surface area contributed by atoms with E-state index in [9.17, 15) is 5.11 Å². The van der Waals surface area contributed by atoms with Crippen molar-refractivity contribution in [2.45, 2.75) is 20.0 Å². The maximum Gasteiger partial charge on any atom is 0.216 e. The van der Waals surface area contributed by atoms with Gasteiger partial charge in [-0.1, -0.05) is 12.1 Å². The summed E-state index contributed by atoms with van der Waals surface area (Å²) in [6.07, 6.45) is 1.74. The van der Waals surface area contributed by atoms with Crippen LogP contribution in [0.15, 0.2) is 53.6 Å². The highest BCUT2D eigenvalue weighted by atomic mass is 32.1. The highest BCUT2D eigenvalue weighted by Crippen LogP contribution is 2.23. The molecule has 0 radical (unpaired) electrons. The highest BCUT2D eigenvalue weighted by molar-refractivity contribution is 7.71. The summed E-state index contributed by atoms with van der Waals surface area (Å²) in [6.45, 7) is 3.95. The van der Waals surface area contributed by atoms with Gasteiger partial charge in [0.1, 0.15) is 11.5 Å². The summed E-state index contributed by atoms with van der Waals surface area (Å²) in [5.74, 6) is 1.56. The van der Waals surface area contributed by atoms with Gasteiger partial charge in [0.05, 0.1) is 12.3 Å². The molecule has 1 heterocycles. The van der Waals surface area contributed by atoms with Gasteiger partial charge in [0.15, 0.2) is 5.82 Å². The smallest absolute Gasteiger partial charge is 0.216 e. The van der Waals surface area contributed by atoms with E-state index in [-0.39, 0.29) is 11.9 Å². The van der Waals surface area contributed by atoms with Crippen LogP contribution in [0.25, 0.3) is 11.4 Å². The first-order valence-electron chi connectivity index (χ1n) is 7.81. The standard InChI is InChI=1S/C18H18N4O2S/c1-12(2)24-16-5-3-4-14(10-16)17-20-21-18(25)22(17)19-11-13-6-8-15(23)9-7-13/h3-12,23H,1-2H3,(H,21,25). The number of ether oxygens (including phenoxy) is 1. The Bertz CT molecular complexity index is 942. The number of phenols is 1. The van der Waals surface area contributed by atoms with Gasteiger partial charge >= 0.3 is 0 Å². The van der Waals surface area contributed by atoms with Crippen molar-refractivity contribution in [1.82, 2.24) is 14.9 Å². The Morgan fingerprint density at radius 3 is 2.72 bits per heavy atom. The van der Waals surface area contributed by atoms with Crippen molar-refractivity contribution in [2.75, 3.05) is 0 Å². The number of nitrogens with zero attached hydrogens (tertiary/aromatic N) is 3. The Morgan fingerprint density at radius 1 is 1.24 bits per heavy atom. The van der Waals surface area contributed by atoms with E-state index in [1.807, 2.05) is 38.1 Å². The molecular weight excluding hydrogens is 336 g/mol. The van der Waals surface area contributed by atoms with Crippen LogP contribution in [0.4, 0.5) is 0 Å². The first kappa shape index (κ1) is 16.9.